The van der Waals surface area contributed by atoms with Crippen LogP contribution in [-0.2, 0) is 11.3 Å². The van der Waals surface area contributed by atoms with E-state index in [1.165, 1.54) is 0 Å². The minimum Gasteiger partial charge on any atom is -0.497 e. The van der Waals surface area contributed by atoms with Crippen molar-refractivity contribution in [2.75, 3.05) is 17.7 Å². The number of nitrogens with one attached hydrogen (secondary N) is 2. The Morgan fingerprint density at radius 2 is 1.64 bits per heavy atom. The van der Waals surface area contributed by atoms with Crippen LogP contribution in [0.1, 0.15) is 22.3 Å². The quantitative estimate of drug-likeness (QED) is 0.659. The topological polar surface area (TPSA) is 85.3 Å². The molecule has 1 aromatic heterocycles. The van der Waals surface area contributed by atoms with Gasteiger partial charge in [0.15, 0.2) is 0 Å². The molecular weight excluding hydrogens is 356 g/mol. The zero-order chi connectivity index (χ0) is 19.9. The molecule has 7 heteroatoms. The maximum absolute atomic E-state index is 12.3. The van der Waals surface area contributed by atoms with Gasteiger partial charge in [0.2, 0.25) is 5.91 Å². The van der Waals surface area contributed by atoms with Crippen molar-refractivity contribution >= 4 is 23.2 Å². The van der Waals surface area contributed by atoms with Crippen molar-refractivity contribution in [2.24, 2.45) is 0 Å². The number of hydrogen-bond donors (Lipinski definition) is 2. The van der Waals surface area contributed by atoms with E-state index in [1.54, 1.807) is 66.5 Å². The standard InChI is InChI=1S/C21H22N4O3/c1-15-13-22-25(14-15)12-11-20(26)23-17-5-3-16(4-6-17)21(27)24-18-7-9-19(28-2)10-8-18/h3-10,13-14H,11-12H2,1-2H3,(H,23,26)(H,24,27). The van der Waals surface area contributed by atoms with Crippen LogP contribution in [-0.4, -0.2) is 28.7 Å². The smallest absolute Gasteiger partial charge is 0.255 e. The Labute approximate surface area is 163 Å². The number of carbonyl (C=O) groups excluding carboxylic acids is 2. The van der Waals surface area contributed by atoms with E-state index < -0.39 is 0 Å². The molecule has 3 rings (SSSR count). The van der Waals surface area contributed by atoms with Gasteiger partial charge in [0.05, 0.1) is 13.3 Å². The van der Waals surface area contributed by atoms with Gasteiger partial charge in [-0.1, -0.05) is 0 Å². The summed E-state index contributed by atoms with van der Waals surface area (Å²) in [6, 6.07) is 13.9. The molecule has 0 atom stereocenters. The minimum atomic E-state index is -0.225. The van der Waals surface area contributed by atoms with E-state index in [0.29, 0.717) is 29.9 Å². The molecule has 0 aliphatic rings. The van der Waals surface area contributed by atoms with Gasteiger partial charge in [-0.15, -0.1) is 0 Å². The predicted molar refractivity (Wildman–Crippen MR) is 108 cm³/mol. The first kappa shape index (κ1) is 19.2. The Morgan fingerprint density at radius 3 is 2.25 bits per heavy atom. The zero-order valence-electron chi connectivity index (χ0n) is 15.8. The van der Waals surface area contributed by atoms with Crippen molar-refractivity contribution in [3.8, 4) is 5.75 Å². The Morgan fingerprint density at radius 1 is 1.00 bits per heavy atom. The van der Waals surface area contributed by atoms with E-state index in [-0.39, 0.29) is 11.8 Å². The van der Waals surface area contributed by atoms with Crippen molar-refractivity contribution < 1.29 is 14.3 Å². The normalized spacial score (nSPS) is 10.4. The second-order valence-corrected chi connectivity index (χ2v) is 6.34. The van der Waals surface area contributed by atoms with Crippen LogP contribution >= 0.6 is 0 Å². The molecule has 2 amide bonds. The largest absolute Gasteiger partial charge is 0.497 e. The van der Waals surface area contributed by atoms with Crippen LogP contribution in [0.5, 0.6) is 5.75 Å². The van der Waals surface area contributed by atoms with Crippen molar-refractivity contribution in [3.63, 3.8) is 0 Å². The highest BCUT2D eigenvalue weighted by Gasteiger charge is 2.08. The van der Waals surface area contributed by atoms with Gasteiger partial charge in [-0.05, 0) is 61.0 Å². The van der Waals surface area contributed by atoms with Crippen LogP contribution in [0.2, 0.25) is 0 Å². The number of carbonyl (C=O) groups is 2. The average Bonchev–Trinajstić information content (AvgIpc) is 3.13. The minimum absolute atomic E-state index is 0.108. The fraction of sp³-hybridized carbons (Fsp3) is 0.190. The lowest BCUT2D eigenvalue weighted by Gasteiger charge is -2.08. The number of ether oxygens (including phenoxy) is 1. The van der Waals surface area contributed by atoms with Crippen LogP contribution in [0.4, 0.5) is 11.4 Å². The number of nitrogens with zero attached hydrogens (tertiary/aromatic N) is 2. The number of aromatic nitrogens is 2. The van der Waals surface area contributed by atoms with Crippen LogP contribution in [0, 0.1) is 6.92 Å². The monoisotopic (exact) mass is 378 g/mol. The summed E-state index contributed by atoms with van der Waals surface area (Å²) in [7, 11) is 1.59. The molecule has 2 N–H and O–H groups in total. The molecule has 0 aliphatic carbocycles. The Balaban J connectivity index is 1.51. The summed E-state index contributed by atoms with van der Waals surface area (Å²) in [6.07, 6.45) is 3.97. The summed E-state index contributed by atoms with van der Waals surface area (Å²) in [5.74, 6) is 0.390. The highest BCUT2D eigenvalue weighted by molar-refractivity contribution is 6.04. The molecule has 0 spiro atoms. The van der Waals surface area contributed by atoms with Crippen molar-refractivity contribution in [1.29, 1.82) is 0 Å². The highest BCUT2D eigenvalue weighted by atomic mass is 16.5. The molecule has 0 fully saturated rings. The van der Waals surface area contributed by atoms with E-state index in [0.717, 1.165) is 11.3 Å². The predicted octanol–water partition coefficient (Wildman–Crippen LogP) is 3.48. The van der Waals surface area contributed by atoms with E-state index in [9.17, 15) is 9.59 Å². The van der Waals surface area contributed by atoms with Crippen molar-refractivity contribution in [2.45, 2.75) is 19.9 Å². The molecule has 0 aliphatic heterocycles. The van der Waals surface area contributed by atoms with Gasteiger partial charge in [-0.3, -0.25) is 14.3 Å². The number of hydrogen-bond acceptors (Lipinski definition) is 4. The lowest BCUT2D eigenvalue weighted by atomic mass is 10.2. The highest BCUT2D eigenvalue weighted by Crippen LogP contribution is 2.17. The van der Waals surface area contributed by atoms with Gasteiger partial charge in [0, 0.05) is 36.1 Å². The molecule has 0 bridgehead atoms. The summed E-state index contributed by atoms with van der Waals surface area (Å²) in [5.41, 5.74) is 2.88. The molecule has 0 saturated heterocycles. The molecule has 7 nitrogen and oxygen atoms in total. The number of benzene rings is 2. The summed E-state index contributed by atoms with van der Waals surface area (Å²) in [4.78, 5) is 24.4. The van der Waals surface area contributed by atoms with Crippen LogP contribution in [0.25, 0.3) is 0 Å². The molecule has 1 heterocycles. The lowest BCUT2D eigenvalue weighted by molar-refractivity contribution is -0.116. The van der Waals surface area contributed by atoms with Gasteiger partial charge in [-0.2, -0.15) is 5.10 Å². The second kappa shape index (κ2) is 8.85. The summed E-state index contributed by atoms with van der Waals surface area (Å²) < 4.78 is 6.83. The third-order valence-corrected chi connectivity index (χ3v) is 4.11. The molecule has 28 heavy (non-hydrogen) atoms. The maximum Gasteiger partial charge on any atom is 0.255 e. The van der Waals surface area contributed by atoms with E-state index in [4.69, 9.17) is 4.74 Å². The van der Waals surface area contributed by atoms with E-state index in [1.807, 2.05) is 13.1 Å². The Kier molecular flexibility index (Phi) is 6.06. The third kappa shape index (κ3) is 5.20. The fourth-order valence-electron chi connectivity index (χ4n) is 2.61. The van der Waals surface area contributed by atoms with Gasteiger partial charge in [-0.25, -0.2) is 0 Å². The first-order valence-electron chi connectivity index (χ1n) is 8.88. The van der Waals surface area contributed by atoms with Crippen LogP contribution in [0.15, 0.2) is 60.9 Å². The summed E-state index contributed by atoms with van der Waals surface area (Å²) in [5, 5.41) is 9.80. The number of amides is 2. The number of anilines is 2. The molecule has 3 aromatic rings. The lowest BCUT2D eigenvalue weighted by Crippen LogP contribution is -2.15. The van der Waals surface area contributed by atoms with Crippen molar-refractivity contribution in [1.82, 2.24) is 9.78 Å². The first-order valence-corrected chi connectivity index (χ1v) is 8.88. The number of aryl methyl sites for hydroxylation is 2. The van der Waals surface area contributed by atoms with Gasteiger partial charge in [0.1, 0.15) is 5.75 Å². The number of methoxy groups -OCH3 is 1. The number of rotatable bonds is 7. The molecule has 144 valence electrons. The molecule has 0 unspecified atom stereocenters. The third-order valence-electron chi connectivity index (χ3n) is 4.11. The van der Waals surface area contributed by atoms with Crippen LogP contribution in [0.3, 0.4) is 0 Å². The van der Waals surface area contributed by atoms with Crippen molar-refractivity contribution in [3.05, 3.63) is 72.1 Å². The zero-order valence-corrected chi connectivity index (χ0v) is 15.8. The SMILES string of the molecule is COc1ccc(NC(=O)c2ccc(NC(=O)CCn3cc(C)cn3)cc2)cc1. The molecular formula is C21H22N4O3. The summed E-state index contributed by atoms with van der Waals surface area (Å²) >= 11 is 0. The van der Waals surface area contributed by atoms with Gasteiger partial charge < -0.3 is 15.4 Å². The molecule has 0 saturated carbocycles. The maximum atomic E-state index is 12.3. The Hall–Kier alpha value is -3.61. The van der Waals surface area contributed by atoms with Crippen LogP contribution < -0.4 is 15.4 Å². The molecule has 2 aromatic carbocycles. The first-order chi connectivity index (χ1) is 13.5. The molecule has 0 radical (unpaired) electrons. The van der Waals surface area contributed by atoms with Gasteiger partial charge >= 0.3 is 0 Å². The average molecular weight is 378 g/mol. The Bertz CT molecular complexity index is 947. The van der Waals surface area contributed by atoms with E-state index in [2.05, 4.69) is 15.7 Å². The van der Waals surface area contributed by atoms with E-state index >= 15 is 0 Å². The fourth-order valence-corrected chi connectivity index (χ4v) is 2.61. The second-order valence-electron chi connectivity index (χ2n) is 6.34. The summed E-state index contributed by atoms with van der Waals surface area (Å²) in [6.45, 7) is 2.47. The van der Waals surface area contributed by atoms with Gasteiger partial charge in [0.25, 0.3) is 5.91 Å².